The van der Waals surface area contributed by atoms with Crippen LogP contribution in [-0.4, -0.2) is 31.3 Å². The molecule has 0 radical (unpaired) electrons. The molecule has 1 saturated carbocycles. The fourth-order valence-electron chi connectivity index (χ4n) is 2.59. The van der Waals surface area contributed by atoms with Gasteiger partial charge in [-0.25, -0.2) is 0 Å². The third-order valence-corrected chi connectivity index (χ3v) is 3.99. The fourth-order valence-corrected chi connectivity index (χ4v) is 2.73. The van der Waals surface area contributed by atoms with Crippen LogP contribution >= 0.6 is 11.6 Å². The zero-order chi connectivity index (χ0) is 13.9. The van der Waals surface area contributed by atoms with Gasteiger partial charge in [0.2, 0.25) is 0 Å². The lowest BCUT2D eigenvalue weighted by Crippen LogP contribution is -2.29. The lowest BCUT2D eigenvalue weighted by Gasteiger charge is -2.26. The Morgan fingerprint density at radius 1 is 1.35 bits per heavy atom. The Kier molecular flexibility index (Phi) is 4.08. The number of pyridine rings is 1. The van der Waals surface area contributed by atoms with Crippen LogP contribution in [0.3, 0.4) is 0 Å². The van der Waals surface area contributed by atoms with Gasteiger partial charge in [-0.1, -0.05) is 18.2 Å². The van der Waals surface area contributed by atoms with E-state index in [2.05, 4.69) is 34.1 Å². The van der Waals surface area contributed by atoms with E-state index in [0.717, 1.165) is 24.4 Å². The van der Waals surface area contributed by atoms with E-state index in [1.165, 1.54) is 23.9 Å². The summed E-state index contributed by atoms with van der Waals surface area (Å²) in [5.74, 6) is 0.445. The second kappa shape index (κ2) is 5.98. The summed E-state index contributed by atoms with van der Waals surface area (Å²) in [5, 5.41) is 1.20. The first-order chi connectivity index (χ1) is 9.83. The standard InChI is InChI=1S/C16H19ClN2O/c1-20-9-8-19(13-6-7-13)16-10-12(11-17)18-15-5-3-2-4-14(15)16/h2-5,10,13H,6-9,11H2,1H3. The van der Waals surface area contributed by atoms with Gasteiger partial charge in [0, 0.05) is 30.8 Å². The summed E-state index contributed by atoms with van der Waals surface area (Å²) in [6.45, 7) is 1.65. The summed E-state index contributed by atoms with van der Waals surface area (Å²) in [4.78, 5) is 7.05. The number of hydrogen-bond donors (Lipinski definition) is 0. The number of ether oxygens (including phenoxy) is 1. The fraction of sp³-hybridized carbons (Fsp3) is 0.438. The van der Waals surface area contributed by atoms with E-state index >= 15 is 0 Å². The maximum absolute atomic E-state index is 6.00. The summed E-state index contributed by atoms with van der Waals surface area (Å²) < 4.78 is 5.26. The average molecular weight is 291 g/mol. The van der Waals surface area contributed by atoms with Gasteiger partial charge in [0.25, 0.3) is 0 Å². The van der Waals surface area contributed by atoms with Gasteiger partial charge in [0.05, 0.1) is 23.7 Å². The topological polar surface area (TPSA) is 25.4 Å². The number of fused-ring (bicyclic) bond motifs is 1. The molecule has 3 rings (SSSR count). The number of anilines is 1. The zero-order valence-electron chi connectivity index (χ0n) is 11.7. The van der Waals surface area contributed by atoms with E-state index in [9.17, 15) is 0 Å². The highest BCUT2D eigenvalue weighted by Crippen LogP contribution is 2.35. The van der Waals surface area contributed by atoms with Gasteiger partial charge >= 0.3 is 0 Å². The molecular weight excluding hydrogens is 272 g/mol. The van der Waals surface area contributed by atoms with Crippen molar-refractivity contribution in [1.29, 1.82) is 0 Å². The van der Waals surface area contributed by atoms with Gasteiger partial charge < -0.3 is 9.64 Å². The molecule has 106 valence electrons. The van der Waals surface area contributed by atoms with Crippen LogP contribution < -0.4 is 4.90 Å². The van der Waals surface area contributed by atoms with E-state index in [4.69, 9.17) is 16.3 Å². The molecule has 1 fully saturated rings. The Morgan fingerprint density at radius 2 is 2.15 bits per heavy atom. The first-order valence-electron chi connectivity index (χ1n) is 7.03. The zero-order valence-corrected chi connectivity index (χ0v) is 12.4. The van der Waals surface area contributed by atoms with Crippen molar-refractivity contribution in [3.05, 3.63) is 36.0 Å². The van der Waals surface area contributed by atoms with Crippen molar-refractivity contribution in [1.82, 2.24) is 4.98 Å². The minimum Gasteiger partial charge on any atom is -0.383 e. The number of alkyl halides is 1. The second-order valence-electron chi connectivity index (χ2n) is 5.20. The maximum Gasteiger partial charge on any atom is 0.0726 e. The molecule has 1 aromatic heterocycles. The molecule has 0 saturated heterocycles. The first kappa shape index (κ1) is 13.7. The monoisotopic (exact) mass is 290 g/mol. The quantitative estimate of drug-likeness (QED) is 0.760. The Balaban J connectivity index is 2.06. The number of para-hydroxylation sites is 1. The number of aromatic nitrogens is 1. The number of rotatable bonds is 6. The summed E-state index contributed by atoms with van der Waals surface area (Å²) in [6.07, 6.45) is 2.52. The predicted octanol–water partition coefficient (Wildman–Crippen LogP) is 3.59. The SMILES string of the molecule is COCCN(c1cc(CCl)nc2ccccc12)C1CC1. The van der Waals surface area contributed by atoms with Gasteiger partial charge in [0.15, 0.2) is 0 Å². The molecule has 1 aromatic carbocycles. The molecule has 20 heavy (non-hydrogen) atoms. The third kappa shape index (κ3) is 2.74. The van der Waals surface area contributed by atoms with Crippen LogP contribution in [0.1, 0.15) is 18.5 Å². The van der Waals surface area contributed by atoms with Crippen LogP contribution in [0.5, 0.6) is 0 Å². The highest BCUT2D eigenvalue weighted by Gasteiger charge is 2.30. The maximum atomic E-state index is 6.00. The molecule has 4 heteroatoms. The molecular formula is C16H19ClN2O. The molecule has 0 amide bonds. The molecule has 0 bridgehead atoms. The Labute approximate surface area is 124 Å². The molecule has 0 N–H and O–H groups in total. The van der Waals surface area contributed by atoms with Gasteiger partial charge in [-0.05, 0) is 25.0 Å². The largest absolute Gasteiger partial charge is 0.383 e. The third-order valence-electron chi connectivity index (χ3n) is 3.72. The van der Waals surface area contributed by atoms with Crippen molar-refractivity contribution < 1.29 is 4.74 Å². The highest BCUT2D eigenvalue weighted by atomic mass is 35.5. The van der Waals surface area contributed by atoms with Gasteiger partial charge in [-0.3, -0.25) is 4.98 Å². The van der Waals surface area contributed by atoms with Crippen molar-refractivity contribution in [3.63, 3.8) is 0 Å². The summed E-state index contributed by atoms with van der Waals surface area (Å²) >= 11 is 6.00. The molecule has 1 aliphatic carbocycles. The minimum atomic E-state index is 0.445. The first-order valence-corrected chi connectivity index (χ1v) is 7.57. The van der Waals surface area contributed by atoms with Crippen LogP contribution in [0, 0.1) is 0 Å². The molecule has 0 spiro atoms. The lowest BCUT2D eigenvalue weighted by atomic mass is 10.1. The molecule has 0 atom stereocenters. The predicted molar refractivity (Wildman–Crippen MR) is 83.5 cm³/mol. The van der Waals surface area contributed by atoms with Gasteiger partial charge in [-0.2, -0.15) is 0 Å². The smallest absolute Gasteiger partial charge is 0.0726 e. The Bertz CT molecular complexity index is 598. The summed E-state index contributed by atoms with van der Waals surface area (Å²) in [5.41, 5.74) is 3.19. The van der Waals surface area contributed by atoms with Crippen molar-refractivity contribution in [2.45, 2.75) is 24.8 Å². The summed E-state index contributed by atoms with van der Waals surface area (Å²) in [7, 11) is 1.75. The molecule has 1 aliphatic rings. The van der Waals surface area contributed by atoms with Crippen LogP contribution in [-0.2, 0) is 10.6 Å². The number of halogens is 1. The van der Waals surface area contributed by atoms with E-state index in [1.54, 1.807) is 7.11 Å². The normalized spacial score (nSPS) is 14.7. The van der Waals surface area contributed by atoms with E-state index in [1.807, 2.05) is 6.07 Å². The van der Waals surface area contributed by atoms with E-state index in [-0.39, 0.29) is 0 Å². The summed E-state index contributed by atoms with van der Waals surface area (Å²) in [6, 6.07) is 11.0. The van der Waals surface area contributed by atoms with Gasteiger partial charge in [-0.15, -0.1) is 11.6 Å². The highest BCUT2D eigenvalue weighted by molar-refractivity contribution is 6.17. The molecule has 0 unspecified atom stereocenters. The van der Waals surface area contributed by atoms with Gasteiger partial charge in [0.1, 0.15) is 0 Å². The molecule has 2 aromatic rings. The van der Waals surface area contributed by atoms with E-state index < -0.39 is 0 Å². The Hall–Kier alpha value is -1.32. The molecule has 1 heterocycles. The molecule has 0 aliphatic heterocycles. The van der Waals surface area contributed by atoms with Crippen molar-refractivity contribution in [2.24, 2.45) is 0 Å². The molecule has 3 nitrogen and oxygen atoms in total. The van der Waals surface area contributed by atoms with Crippen molar-refractivity contribution in [3.8, 4) is 0 Å². The van der Waals surface area contributed by atoms with Crippen molar-refractivity contribution >= 4 is 28.2 Å². The second-order valence-corrected chi connectivity index (χ2v) is 5.47. The number of hydrogen-bond acceptors (Lipinski definition) is 3. The van der Waals surface area contributed by atoms with Crippen molar-refractivity contribution in [2.75, 3.05) is 25.2 Å². The minimum absolute atomic E-state index is 0.445. The average Bonchev–Trinajstić information content (AvgIpc) is 3.32. The van der Waals surface area contributed by atoms with Crippen LogP contribution in [0.15, 0.2) is 30.3 Å². The Morgan fingerprint density at radius 3 is 2.85 bits per heavy atom. The number of benzene rings is 1. The number of methoxy groups -OCH3 is 1. The number of nitrogens with zero attached hydrogens (tertiary/aromatic N) is 2. The lowest BCUT2D eigenvalue weighted by molar-refractivity contribution is 0.205. The van der Waals surface area contributed by atoms with Crippen LogP contribution in [0.25, 0.3) is 10.9 Å². The van der Waals surface area contributed by atoms with Crippen LogP contribution in [0.2, 0.25) is 0 Å². The van der Waals surface area contributed by atoms with Crippen LogP contribution in [0.4, 0.5) is 5.69 Å². The van der Waals surface area contributed by atoms with E-state index in [0.29, 0.717) is 11.9 Å².